The number of alkyl halides is 3. The summed E-state index contributed by atoms with van der Waals surface area (Å²) in [6, 6.07) is 6.85. The number of benzene rings is 1. The maximum absolute atomic E-state index is 12.9. The molecule has 0 bridgehead atoms. The number of carbonyl (C=O) groups excluding carboxylic acids is 1. The van der Waals surface area contributed by atoms with E-state index in [4.69, 9.17) is 23.2 Å². The maximum atomic E-state index is 12.9. The van der Waals surface area contributed by atoms with Crippen molar-refractivity contribution in [2.75, 3.05) is 32.8 Å². The van der Waals surface area contributed by atoms with Gasteiger partial charge in [0, 0.05) is 38.4 Å². The van der Waals surface area contributed by atoms with Crippen LogP contribution < -0.4 is 4.74 Å². The molecule has 2 heterocycles. The average Bonchev–Trinajstić information content (AvgIpc) is 2.71. The Morgan fingerprint density at radius 2 is 1.68 bits per heavy atom. The highest BCUT2D eigenvalue weighted by atomic mass is 35.5. The highest BCUT2D eigenvalue weighted by Gasteiger charge is 2.33. The van der Waals surface area contributed by atoms with Crippen LogP contribution in [0.25, 0.3) is 0 Å². The molecular weight excluding hydrogens is 482 g/mol. The Morgan fingerprint density at radius 3 is 2.19 bits per heavy atom. The Balaban J connectivity index is 1.63. The third-order valence-electron chi connectivity index (χ3n) is 4.41. The van der Waals surface area contributed by atoms with Crippen LogP contribution in [0.2, 0.25) is 10.0 Å². The molecule has 2 aromatic rings. The highest BCUT2D eigenvalue weighted by molar-refractivity contribution is 7.89. The van der Waals surface area contributed by atoms with Gasteiger partial charge in [-0.15, -0.1) is 0 Å². The first-order valence-electron chi connectivity index (χ1n) is 8.88. The zero-order chi connectivity index (χ0) is 22.8. The minimum atomic E-state index is -4.50. The number of rotatable bonds is 5. The Labute approximate surface area is 186 Å². The molecule has 0 unspecified atom stereocenters. The fourth-order valence-electron chi connectivity index (χ4n) is 2.92. The lowest BCUT2D eigenvalue weighted by atomic mass is 10.2. The first-order valence-corrected chi connectivity index (χ1v) is 11.1. The summed E-state index contributed by atoms with van der Waals surface area (Å²) in [5, 5.41) is 0.00910. The van der Waals surface area contributed by atoms with Crippen molar-refractivity contribution >= 4 is 39.1 Å². The summed E-state index contributed by atoms with van der Waals surface area (Å²) in [6.45, 7) is -1.23. The largest absolute Gasteiger partial charge is 0.468 e. The summed E-state index contributed by atoms with van der Waals surface area (Å²) in [5.74, 6) is -0.691. The van der Waals surface area contributed by atoms with E-state index in [1.54, 1.807) is 0 Å². The van der Waals surface area contributed by atoms with Crippen LogP contribution in [0.5, 0.6) is 5.88 Å². The second-order valence-corrected chi connectivity index (χ2v) is 9.23. The van der Waals surface area contributed by atoms with E-state index in [9.17, 15) is 26.4 Å². The molecule has 168 valence electrons. The van der Waals surface area contributed by atoms with Crippen LogP contribution in [-0.2, 0) is 10.0 Å². The van der Waals surface area contributed by atoms with Crippen LogP contribution in [0.1, 0.15) is 10.4 Å². The van der Waals surface area contributed by atoms with Crippen molar-refractivity contribution in [3.63, 3.8) is 0 Å². The molecule has 0 spiro atoms. The highest BCUT2D eigenvalue weighted by Crippen LogP contribution is 2.32. The van der Waals surface area contributed by atoms with Crippen LogP contribution in [0.3, 0.4) is 0 Å². The molecule has 31 heavy (non-hydrogen) atoms. The van der Waals surface area contributed by atoms with Crippen molar-refractivity contribution in [1.82, 2.24) is 14.2 Å². The van der Waals surface area contributed by atoms with Gasteiger partial charge in [-0.1, -0.05) is 29.3 Å². The lowest BCUT2D eigenvalue weighted by Crippen LogP contribution is -2.50. The van der Waals surface area contributed by atoms with Crippen molar-refractivity contribution in [2.24, 2.45) is 0 Å². The molecule has 0 radical (unpaired) electrons. The second-order valence-electron chi connectivity index (χ2n) is 6.54. The van der Waals surface area contributed by atoms with E-state index in [-0.39, 0.29) is 52.6 Å². The standard InChI is InChI=1S/C18H16Cl2F3N3O4S/c19-13-2-1-3-14(20)16(13)31(28,29)26-8-6-25(7-9-26)17(27)12-4-5-15(24-10-12)30-11-18(21,22)23/h1-5,10H,6-9,11H2. The van der Waals surface area contributed by atoms with E-state index in [1.165, 1.54) is 39.5 Å². The van der Waals surface area contributed by atoms with Crippen LogP contribution in [0.4, 0.5) is 13.2 Å². The van der Waals surface area contributed by atoms with E-state index in [0.717, 1.165) is 6.20 Å². The molecule has 0 saturated carbocycles. The van der Waals surface area contributed by atoms with Crippen molar-refractivity contribution in [1.29, 1.82) is 0 Å². The van der Waals surface area contributed by atoms with Gasteiger partial charge in [0.1, 0.15) is 4.90 Å². The normalized spacial score (nSPS) is 15.7. The molecule has 1 aliphatic heterocycles. The summed E-state index contributed by atoms with van der Waals surface area (Å²) in [7, 11) is -3.95. The summed E-state index contributed by atoms with van der Waals surface area (Å²) in [6.07, 6.45) is -3.38. The van der Waals surface area contributed by atoms with Crippen LogP contribution in [0.15, 0.2) is 41.4 Å². The van der Waals surface area contributed by atoms with Crippen molar-refractivity contribution in [2.45, 2.75) is 11.1 Å². The Kier molecular flexibility index (Phi) is 6.99. The summed E-state index contributed by atoms with van der Waals surface area (Å²) in [5.41, 5.74) is 0.143. The molecule has 1 fully saturated rings. The van der Waals surface area contributed by atoms with Gasteiger partial charge >= 0.3 is 6.18 Å². The molecular formula is C18H16Cl2F3N3O4S. The maximum Gasteiger partial charge on any atom is 0.422 e. The predicted molar refractivity (Wildman–Crippen MR) is 107 cm³/mol. The van der Waals surface area contributed by atoms with E-state index >= 15 is 0 Å². The molecule has 1 aromatic carbocycles. The monoisotopic (exact) mass is 497 g/mol. The minimum Gasteiger partial charge on any atom is -0.468 e. The molecule has 1 saturated heterocycles. The van der Waals surface area contributed by atoms with Gasteiger partial charge in [0.2, 0.25) is 15.9 Å². The van der Waals surface area contributed by atoms with Crippen LogP contribution in [-0.4, -0.2) is 67.5 Å². The number of aromatic nitrogens is 1. The average molecular weight is 498 g/mol. The summed E-state index contributed by atoms with van der Waals surface area (Å²) in [4.78, 5) is 17.6. The van der Waals surface area contributed by atoms with E-state index in [2.05, 4.69) is 9.72 Å². The Hall–Kier alpha value is -2.08. The van der Waals surface area contributed by atoms with E-state index in [1.807, 2.05) is 0 Å². The van der Waals surface area contributed by atoms with E-state index < -0.39 is 28.7 Å². The number of hydrogen-bond donors (Lipinski definition) is 0. The Morgan fingerprint density at radius 1 is 1.06 bits per heavy atom. The van der Waals surface area contributed by atoms with Crippen LogP contribution in [0, 0.1) is 0 Å². The van der Waals surface area contributed by atoms with Gasteiger partial charge in [-0.2, -0.15) is 17.5 Å². The van der Waals surface area contributed by atoms with Gasteiger partial charge < -0.3 is 9.64 Å². The zero-order valence-electron chi connectivity index (χ0n) is 15.8. The topological polar surface area (TPSA) is 79.8 Å². The lowest BCUT2D eigenvalue weighted by molar-refractivity contribution is -0.154. The van der Waals surface area contributed by atoms with Crippen LogP contribution >= 0.6 is 23.2 Å². The van der Waals surface area contributed by atoms with Crippen molar-refractivity contribution in [3.05, 3.63) is 52.1 Å². The summed E-state index contributed by atoms with van der Waals surface area (Å²) < 4.78 is 68.0. The van der Waals surface area contributed by atoms with Crippen molar-refractivity contribution < 1.29 is 31.1 Å². The first kappa shape index (κ1) is 23.6. The molecule has 3 rings (SSSR count). The fraction of sp³-hybridized carbons (Fsp3) is 0.333. The van der Waals surface area contributed by atoms with Gasteiger partial charge in [0.05, 0.1) is 15.6 Å². The number of halogens is 5. The number of hydrogen-bond acceptors (Lipinski definition) is 5. The zero-order valence-corrected chi connectivity index (χ0v) is 18.1. The molecule has 0 atom stereocenters. The van der Waals surface area contributed by atoms with Gasteiger partial charge in [0.15, 0.2) is 6.61 Å². The third-order valence-corrected chi connectivity index (χ3v) is 7.26. The lowest BCUT2D eigenvalue weighted by Gasteiger charge is -2.34. The second kappa shape index (κ2) is 9.19. The van der Waals surface area contributed by atoms with Crippen molar-refractivity contribution in [3.8, 4) is 5.88 Å². The quantitative estimate of drug-likeness (QED) is 0.631. The molecule has 13 heteroatoms. The number of amides is 1. The molecule has 0 aliphatic carbocycles. The Bertz CT molecular complexity index is 1040. The SMILES string of the molecule is O=C(c1ccc(OCC(F)(F)F)nc1)N1CCN(S(=O)(=O)c2c(Cl)cccc2Cl)CC1. The predicted octanol–water partition coefficient (Wildman–Crippen LogP) is 3.48. The number of carbonyl (C=O) groups is 1. The fourth-order valence-corrected chi connectivity index (χ4v) is 5.43. The van der Waals surface area contributed by atoms with Gasteiger partial charge in [-0.25, -0.2) is 13.4 Å². The van der Waals surface area contributed by atoms with Gasteiger partial charge in [-0.05, 0) is 18.2 Å². The van der Waals surface area contributed by atoms with E-state index in [0.29, 0.717) is 0 Å². The first-order chi connectivity index (χ1) is 14.5. The number of ether oxygens (including phenoxy) is 1. The number of piperazine rings is 1. The summed E-state index contributed by atoms with van der Waals surface area (Å²) >= 11 is 12.0. The number of nitrogens with zero attached hydrogens (tertiary/aromatic N) is 3. The molecule has 1 aromatic heterocycles. The smallest absolute Gasteiger partial charge is 0.422 e. The van der Waals surface area contributed by atoms with Gasteiger partial charge in [0.25, 0.3) is 5.91 Å². The third kappa shape index (κ3) is 5.59. The molecule has 1 aliphatic rings. The van der Waals surface area contributed by atoms with Gasteiger partial charge in [-0.3, -0.25) is 4.79 Å². The molecule has 0 N–H and O–H groups in total. The molecule has 7 nitrogen and oxygen atoms in total. The molecule has 1 amide bonds. The number of sulfonamides is 1. The minimum absolute atomic E-state index is 0.00455. The number of pyridine rings is 1.